The van der Waals surface area contributed by atoms with Crippen LogP contribution in [0.2, 0.25) is 0 Å². The van der Waals surface area contributed by atoms with Gasteiger partial charge in [0.15, 0.2) is 0 Å². The number of nitrogens with zero attached hydrogens (tertiary/aromatic N) is 1. The molecule has 0 aliphatic carbocycles. The van der Waals surface area contributed by atoms with Crippen molar-refractivity contribution in [2.24, 2.45) is 5.92 Å². The first kappa shape index (κ1) is 15.7. The van der Waals surface area contributed by atoms with Gasteiger partial charge in [0, 0.05) is 12.6 Å². The molecule has 0 saturated heterocycles. The molecule has 1 aliphatic rings. The lowest BCUT2D eigenvalue weighted by molar-refractivity contribution is -0.140. The summed E-state index contributed by atoms with van der Waals surface area (Å²) in [4.78, 5) is 47.9. The molecule has 1 aromatic rings. The van der Waals surface area contributed by atoms with Crippen LogP contribution in [0.5, 0.6) is 0 Å². The van der Waals surface area contributed by atoms with E-state index in [4.69, 9.17) is 5.11 Å². The van der Waals surface area contributed by atoms with Gasteiger partial charge in [0.05, 0.1) is 11.1 Å². The molecule has 3 amide bonds. The molecule has 1 aromatic carbocycles. The molecule has 22 heavy (non-hydrogen) atoms. The molecule has 0 bridgehead atoms. The fourth-order valence-corrected chi connectivity index (χ4v) is 2.24. The standard InChI is InChI=1S/C15H16N2O5/c1-7(2)11(15(21)22)16-12(18)8-4-5-9-10(6-8)14(20)17(3)13(9)19/h4-7,11H,1-3H3,(H,16,18)(H,21,22). The van der Waals surface area contributed by atoms with E-state index in [0.29, 0.717) is 0 Å². The van der Waals surface area contributed by atoms with Crippen LogP contribution >= 0.6 is 0 Å². The molecule has 1 unspecified atom stereocenters. The molecule has 2 N–H and O–H groups in total. The zero-order valence-electron chi connectivity index (χ0n) is 12.4. The Balaban J connectivity index is 2.28. The average molecular weight is 304 g/mol. The van der Waals surface area contributed by atoms with Crippen LogP contribution < -0.4 is 5.32 Å². The highest BCUT2D eigenvalue weighted by Gasteiger charge is 2.33. The van der Waals surface area contributed by atoms with Crippen molar-refractivity contribution in [3.8, 4) is 0 Å². The lowest BCUT2D eigenvalue weighted by Crippen LogP contribution is -2.44. The second-order valence-corrected chi connectivity index (χ2v) is 5.46. The van der Waals surface area contributed by atoms with E-state index in [2.05, 4.69) is 5.32 Å². The number of carboxylic acids is 1. The lowest BCUT2D eigenvalue weighted by Gasteiger charge is -2.17. The molecular weight excluding hydrogens is 288 g/mol. The predicted octanol–water partition coefficient (Wildman–Crippen LogP) is 0.751. The molecule has 7 heteroatoms. The lowest BCUT2D eigenvalue weighted by atomic mass is 10.0. The molecule has 116 valence electrons. The highest BCUT2D eigenvalue weighted by molar-refractivity contribution is 6.21. The Morgan fingerprint density at radius 1 is 1.14 bits per heavy atom. The Morgan fingerprint density at radius 2 is 1.73 bits per heavy atom. The average Bonchev–Trinajstić information content (AvgIpc) is 2.68. The normalized spacial score (nSPS) is 15.0. The Morgan fingerprint density at radius 3 is 2.27 bits per heavy atom. The summed E-state index contributed by atoms with van der Waals surface area (Å²) < 4.78 is 0. The van der Waals surface area contributed by atoms with Crippen LogP contribution in [0, 0.1) is 5.92 Å². The van der Waals surface area contributed by atoms with Crippen molar-refractivity contribution >= 4 is 23.7 Å². The number of aliphatic carboxylic acids is 1. The summed E-state index contributed by atoms with van der Waals surface area (Å²) in [7, 11) is 1.36. The first-order chi connectivity index (χ1) is 10.2. The largest absolute Gasteiger partial charge is 0.480 e. The summed E-state index contributed by atoms with van der Waals surface area (Å²) >= 11 is 0. The number of carbonyl (C=O) groups is 4. The summed E-state index contributed by atoms with van der Waals surface area (Å²) in [5.74, 6) is -2.91. The second kappa shape index (κ2) is 5.59. The molecular formula is C15H16N2O5. The summed E-state index contributed by atoms with van der Waals surface area (Å²) in [6.07, 6.45) is 0. The Labute approximate surface area is 126 Å². The van der Waals surface area contributed by atoms with E-state index in [0.717, 1.165) is 4.90 Å². The van der Waals surface area contributed by atoms with Gasteiger partial charge in [-0.2, -0.15) is 0 Å². The number of fused-ring (bicyclic) bond motifs is 1. The number of benzene rings is 1. The predicted molar refractivity (Wildman–Crippen MR) is 76.6 cm³/mol. The van der Waals surface area contributed by atoms with E-state index >= 15 is 0 Å². The summed E-state index contributed by atoms with van der Waals surface area (Å²) in [5.41, 5.74) is 0.529. The molecule has 7 nitrogen and oxygen atoms in total. The molecule has 1 atom stereocenters. The molecule has 0 spiro atoms. The Kier molecular flexibility index (Phi) is 3.99. The summed E-state index contributed by atoms with van der Waals surface area (Å²) in [6.45, 7) is 3.36. The smallest absolute Gasteiger partial charge is 0.326 e. The highest BCUT2D eigenvalue weighted by atomic mass is 16.4. The van der Waals surface area contributed by atoms with Crippen LogP contribution in [-0.2, 0) is 4.79 Å². The van der Waals surface area contributed by atoms with Gasteiger partial charge in [-0.25, -0.2) is 4.79 Å². The van der Waals surface area contributed by atoms with Crippen LogP contribution in [0.1, 0.15) is 44.9 Å². The fraction of sp³-hybridized carbons (Fsp3) is 0.333. The minimum absolute atomic E-state index is 0.141. The second-order valence-electron chi connectivity index (χ2n) is 5.46. The zero-order chi connectivity index (χ0) is 16.6. The van der Waals surface area contributed by atoms with Crippen molar-refractivity contribution in [2.75, 3.05) is 7.05 Å². The van der Waals surface area contributed by atoms with Gasteiger partial charge in [0.25, 0.3) is 17.7 Å². The SMILES string of the molecule is CC(C)C(NC(=O)c1ccc2c(c1)C(=O)N(C)C2=O)C(=O)O. The summed E-state index contributed by atoms with van der Waals surface area (Å²) in [5, 5.41) is 11.5. The van der Waals surface area contributed by atoms with Crippen LogP contribution in [0.3, 0.4) is 0 Å². The van der Waals surface area contributed by atoms with E-state index in [1.165, 1.54) is 25.2 Å². The molecule has 1 heterocycles. The van der Waals surface area contributed by atoms with Gasteiger partial charge >= 0.3 is 5.97 Å². The zero-order valence-corrected chi connectivity index (χ0v) is 12.4. The van der Waals surface area contributed by atoms with Gasteiger partial charge < -0.3 is 10.4 Å². The number of nitrogens with one attached hydrogen (secondary N) is 1. The van der Waals surface area contributed by atoms with E-state index in [9.17, 15) is 19.2 Å². The molecule has 0 fully saturated rings. The molecule has 0 radical (unpaired) electrons. The first-order valence-electron chi connectivity index (χ1n) is 6.74. The quantitative estimate of drug-likeness (QED) is 0.799. The third-order valence-electron chi connectivity index (χ3n) is 3.57. The minimum Gasteiger partial charge on any atom is -0.480 e. The van der Waals surface area contributed by atoms with Crippen molar-refractivity contribution in [1.29, 1.82) is 0 Å². The van der Waals surface area contributed by atoms with Gasteiger partial charge in [0.2, 0.25) is 0 Å². The van der Waals surface area contributed by atoms with Crippen molar-refractivity contribution in [3.63, 3.8) is 0 Å². The number of rotatable bonds is 4. The van der Waals surface area contributed by atoms with E-state index in [1.54, 1.807) is 13.8 Å². The maximum atomic E-state index is 12.1. The van der Waals surface area contributed by atoms with Gasteiger partial charge in [0.1, 0.15) is 6.04 Å². The fourth-order valence-electron chi connectivity index (χ4n) is 2.24. The van der Waals surface area contributed by atoms with Crippen molar-refractivity contribution < 1.29 is 24.3 Å². The topological polar surface area (TPSA) is 104 Å². The van der Waals surface area contributed by atoms with Crippen molar-refractivity contribution in [2.45, 2.75) is 19.9 Å². The molecule has 1 aliphatic heterocycles. The monoisotopic (exact) mass is 304 g/mol. The maximum absolute atomic E-state index is 12.1. The van der Waals surface area contributed by atoms with Crippen molar-refractivity contribution in [1.82, 2.24) is 10.2 Å². The number of amides is 3. The maximum Gasteiger partial charge on any atom is 0.326 e. The third kappa shape index (κ3) is 2.57. The van der Waals surface area contributed by atoms with E-state index in [-0.39, 0.29) is 22.6 Å². The number of hydrogen-bond donors (Lipinski definition) is 2. The van der Waals surface area contributed by atoms with Crippen LogP contribution in [0.15, 0.2) is 18.2 Å². The summed E-state index contributed by atoms with van der Waals surface area (Å²) in [6, 6.07) is 3.09. The van der Waals surface area contributed by atoms with Gasteiger partial charge in [-0.05, 0) is 24.1 Å². The molecule has 2 rings (SSSR count). The first-order valence-corrected chi connectivity index (χ1v) is 6.74. The number of carbonyl (C=O) groups excluding carboxylic acids is 3. The van der Waals surface area contributed by atoms with Crippen molar-refractivity contribution in [3.05, 3.63) is 34.9 Å². The van der Waals surface area contributed by atoms with Crippen LogP contribution in [0.25, 0.3) is 0 Å². The van der Waals surface area contributed by atoms with E-state index < -0.39 is 29.7 Å². The molecule has 0 aromatic heterocycles. The van der Waals surface area contributed by atoms with Crippen LogP contribution in [-0.4, -0.2) is 46.8 Å². The third-order valence-corrected chi connectivity index (χ3v) is 3.57. The van der Waals surface area contributed by atoms with E-state index in [1.807, 2.05) is 0 Å². The number of hydrogen-bond acceptors (Lipinski definition) is 4. The molecule has 0 saturated carbocycles. The number of imide groups is 1. The van der Waals surface area contributed by atoms with Gasteiger partial charge in [-0.3, -0.25) is 19.3 Å². The Hall–Kier alpha value is -2.70. The van der Waals surface area contributed by atoms with Gasteiger partial charge in [-0.15, -0.1) is 0 Å². The number of carboxylic acid groups (broad SMARTS) is 1. The van der Waals surface area contributed by atoms with Gasteiger partial charge in [-0.1, -0.05) is 13.8 Å². The van der Waals surface area contributed by atoms with Crippen LogP contribution in [0.4, 0.5) is 0 Å². The Bertz CT molecular complexity index is 681. The minimum atomic E-state index is -1.13. The highest BCUT2D eigenvalue weighted by Crippen LogP contribution is 2.22.